The third kappa shape index (κ3) is 5.96. The van der Waals surface area contributed by atoms with Gasteiger partial charge in [0.25, 0.3) is 5.91 Å². The van der Waals surface area contributed by atoms with E-state index in [1.807, 2.05) is 25.1 Å². The quantitative estimate of drug-likeness (QED) is 0.435. The first kappa shape index (κ1) is 21.6. The summed E-state index contributed by atoms with van der Waals surface area (Å²) in [5.41, 5.74) is 3.38. The first-order valence-electron chi connectivity index (χ1n) is 9.84. The highest BCUT2D eigenvalue weighted by Gasteiger charge is 2.11. The second kappa shape index (κ2) is 10.1. The van der Waals surface area contributed by atoms with Gasteiger partial charge in [-0.15, -0.1) is 0 Å². The molecule has 0 saturated carbocycles. The number of benzene rings is 2. The van der Waals surface area contributed by atoms with Crippen molar-refractivity contribution < 1.29 is 18.8 Å². The maximum atomic E-state index is 12.4. The number of carbonyl (C=O) groups is 3. The molecule has 0 saturated heterocycles. The summed E-state index contributed by atoms with van der Waals surface area (Å²) in [6, 6.07) is 15.5. The second-order valence-electron chi connectivity index (χ2n) is 6.79. The predicted molar refractivity (Wildman–Crippen MR) is 120 cm³/mol. The van der Waals surface area contributed by atoms with Crippen molar-refractivity contribution in [3.63, 3.8) is 0 Å². The first-order chi connectivity index (χ1) is 15.0. The number of carbonyl (C=O) groups excluding carboxylic acids is 3. The Morgan fingerprint density at radius 1 is 0.839 bits per heavy atom. The summed E-state index contributed by atoms with van der Waals surface area (Å²) in [6.45, 7) is 3.69. The smallest absolute Gasteiger partial charge is 0.291 e. The van der Waals surface area contributed by atoms with E-state index >= 15 is 0 Å². The van der Waals surface area contributed by atoms with Crippen molar-refractivity contribution in [2.24, 2.45) is 0 Å². The number of hydrogen-bond donors (Lipinski definition) is 4. The van der Waals surface area contributed by atoms with Crippen LogP contribution in [0.25, 0.3) is 0 Å². The molecule has 0 fully saturated rings. The lowest BCUT2D eigenvalue weighted by Crippen LogP contribution is -2.22. The van der Waals surface area contributed by atoms with Gasteiger partial charge in [0.15, 0.2) is 5.76 Å². The third-order valence-electron chi connectivity index (χ3n) is 4.52. The fourth-order valence-corrected chi connectivity index (χ4v) is 2.86. The predicted octanol–water partition coefficient (Wildman–Crippen LogP) is 4.24. The van der Waals surface area contributed by atoms with Crippen LogP contribution >= 0.6 is 0 Å². The summed E-state index contributed by atoms with van der Waals surface area (Å²) in [4.78, 5) is 36.1. The van der Waals surface area contributed by atoms with Crippen LogP contribution in [0.4, 0.5) is 22.7 Å². The van der Waals surface area contributed by atoms with Gasteiger partial charge in [0.1, 0.15) is 0 Å². The highest BCUT2D eigenvalue weighted by atomic mass is 16.3. The highest BCUT2D eigenvalue weighted by molar-refractivity contribution is 6.03. The molecule has 3 amide bonds. The van der Waals surface area contributed by atoms with E-state index < -0.39 is 0 Å². The van der Waals surface area contributed by atoms with Crippen LogP contribution in [0.1, 0.15) is 29.5 Å². The van der Waals surface area contributed by atoms with Crippen LogP contribution < -0.4 is 21.3 Å². The Morgan fingerprint density at radius 2 is 1.55 bits per heavy atom. The van der Waals surface area contributed by atoms with E-state index in [9.17, 15) is 14.4 Å². The molecule has 0 aliphatic carbocycles. The molecule has 8 nitrogen and oxygen atoms in total. The summed E-state index contributed by atoms with van der Waals surface area (Å²) in [6.07, 6.45) is 1.81. The van der Waals surface area contributed by atoms with Crippen molar-refractivity contribution in [2.75, 3.05) is 27.8 Å². The van der Waals surface area contributed by atoms with Crippen molar-refractivity contribution in [2.45, 2.75) is 20.3 Å². The van der Waals surface area contributed by atoms with Gasteiger partial charge < -0.3 is 25.7 Å². The van der Waals surface area contributed by atoms with Crippen LogP contribution in [0.5, 0.6) is 0 Å². The molecule has 3 aromatic rings. The molecule has 0 bridgehead atoms. The van der Waals surface area contributed by atoms with Crippen molar-refractivity contribution in [1.82, 2.24) is 0 Å². The first-order valence-corrected chi connectivity index (χ1v) is 9.84. The maximum Gasteiger partial charge on any atom is 0.291 e. The fraction of sp³-hybridized carbons (Fsp3) is 0.174. The zero-order valence-electron chi connectivity index (χ0n) is 17.3. The molecule has 3 rings (SSSR count). The third-order valence-corrected chi connectivity index (χ3v) is 4.52. The zero-order chi connectivity index (χ0) is 22.2. The molecule has 2 aromatic carbocycles. The molecule has 0 unspecified atom stereocenters. The Bertz CT molecular complexity index is 1080. The molecular formula is C23H24N4O4. The zero-order valence-corrected chi connectivity index (χ0v) is 17.3. The molecule has 0 spiro atoms. The summed E-state index contributed by atoms with van der Waals surface area (Å²) < 4.78 is 5.07. The molecule has 0 atom stereocenters. The van der Waals surface area contributed by atoms with Crippen LogP contribution in [0.15, 0.2) is 65.3 Å². The van der Waals surface area contributed by atoms with Gasteiger partial charge in [-0.1, -0.05) is 19.1 Å². The minimum atomic E-state index is -0.374. The van der Waals surface area contributed by atoms with Gasteiger partial charge in [0.05, 0.1) is 12.8 Å². The molecule has 0 radical (unpaired) electrons. The van der Waals surface area contributed by atoms with E-state index in [0.717, 1.165) is 11.3 Å². The Hall–Kier alpha value is -4.07. The number of amides is 3. The lowest BCUT2D eigenvalue weighted by atomic mass is 10.1. The van der Waals surface area contributed by atoms with E-state index in [1.54, 1.807) is 43.3 Å². The molecule has 31 heavy (non-hydrogen) atoms. The standard InChI is InChI=1S/C23H24N4O4/c1-3-21(28)27-19-10-5-9-18(15(19)2)24-14-22(29)25-16-7-4-8-17(13-16)26-23(30)20-11-6-12-31-20/h4-13,24H,3,14H2,1-2H3,(H,25,29)(H,26,30)(H,27,28). The SMILES string of the molecule is CCC(=O)Nc1cccc(NCC(=O)Nc2cccc(NC(=O)c3ccco3)c2)c1C. The fourth-order valence-electron chi connectivity index (χ4n) is 2.86. The van der Waals surface area contributed by atoms with Crippen LogP contribution in [0.3, 0.4) is 0 Å². The second-order valence-corrected chi connectivity index (χ2v) is 6.79. The Balaban J connectivity index is 1.57. The minimum Gasteiger partial charge on any atom is -0.459 e. The van der Waals surface area contributed by atoms with E-state index in [4.69, 9.17) is 4.42 Å². The summed E-state index contributed by atoms with van der Waals surface area (Å²) >= 11 is 0. The van der Waals surface area contributed by atoms with Gasteiger partial charge in [0.2, 0.25) is 11.8 Å². The van der Waals surface area contributed by atoms with Crippen LogP contribution in [0, 0.1) is 6.92 Å². The summed E-state index contributed by atoms with van der Waals surface area (Å²) in [5, 5.41) is 11.4. The summed E-state index contributed by atoms with van der Waals surface area (Å²) in [7, 11) is 0. The van der Waals surface area contributed by atoms with Gasteiger partial charge in [-0.25, -0.2) is 0 Å². The maximum absolute atomic E-state index is 12.4. The molecular weight excluding hydrogens is 396 g/mol. The molecule has 1 heterocycles. The largest absolute Gasteiger partial charge is 0.459 e. The van der Waals surface area contributed by atoms with Crippen LogP contribution in [-0.4, -0.2) is 24.3 Å². The van der Waals surface area contributed by atoms with E-state index in [-0.39, 0.29) is 30.0 Å². The van der Waals surface area contributed by atoms with E-state index in [0.29, 0.717) is 23.5 Å². The Morgan fingerprint density at radius 3 is 2.26 bits per heavy atom. The Labute approximate surface area is 180 Å². The average Bonchev–Trinajstić information content (AvgIpc) is 3.29. The number of furan rings is 1. The molecule has 4 N–H and O–H groups in total. The average molecular weight is 420 g/mol. The van der Waals surface area contributed by atoms with Crippen molar-refractivity contribution in [3.8, 4) is 0 Å². The lowest BCUT2D eigenvalue weighted by Gasteiger charge is -2.14. The van der Waals surface area contributed by atoms with Crippen molar-refractivity contribution in [1.29, 1.82) is 0 Å². The van der Waals surface area contributed by atoms with E-state index in [1.165, 1.54) is 6.26 Å². The number of hydrogen-bond acceptors (Lipinski definition) is 5. The summed E-state index contributed by atoms with van der Waals surface area (Å²) in [5.74, 6) is -0.499. The van der Waals surface area contributed by atoms with Gasteiger partial charge >= 0.3 is 0 Å². The van der Waals surface area contributed by atoms with Gasteiger partial charge in [-0.2, -0.15) is 0 Å². The minimum absolute atomic E-state index is 0.0367. The monoisotopic (exact) mass is 420 g/mol. The molecule has 8 heteroatoms. The van der Waals surface area contributed by atoms with Gasteiger partial charge in [-0.3, -0.25) is 14.4 Å². The van der Waals surface area contributed by atoms with Crippen molar-refractivity contribution >= 4 is 40.5 Å². The Kier molecular flexibility index (Phi) is 7.05. The van der Waals surface area contributed by atoms with Gasteiger partial charge in [0, 0.05) is 29.2 Å². The number of nitrogens with one attached hydrogen (secondary N) is 4. The molecule has 0 aliphatic rings. The topological polar surface area (TPSA) is 112 Å². The molecule has 160 valence electrons. The van der Waals surface area contributed by atoms with Crippen molar-refractivity contribution in [3.05, 3.63) is 72.2 Å². The van der Waals surface area contributed by atoms with Crippen LogP contribution in [0.2, 0.25) is 0 Å². The normalized spacial score (nSPS) is 10.3. The molecule has 0 aliphatic heterocycles. The van der Waals surface area contributed by atoms with Crippen LogP contribution in [-0.2, 0) is 9.59 Å². The number of rotatable bonds is 8. The molecule has 1 aromatic heterocycles. The lowest BCUT2D eigenvalue weighted by molar-refractivity contribution is -0.116. The van der Waals surface area contributed by atoms with Gasteiger partial charge in [-0.05, 0) is 55.0 Å². The van der Waals surface area contributed by atoms with E-state index in [2.05, 4.69) is 21.3 Å². The number of anilines is 4. The highest BCUT2D eigenvalue weighted by Crippen LogP contribution is 2.23.